The molecule has 15 nitrogen and oxygen atoms in total. The molecule has 5 amide bonds. The van der Waals surface area contributed by atoms with Crippen molar-refractivity contribution in [2.45, 2.75) is 64.1 Å². The van der Waals surface area contributed by atoms with Gasteiger partial charge in [-0.05, 0) is 80.0 Å². The molecule has 0 unspecified atom stereocenters. The number of carbonyl (C=O) groups excluding carboxylic acids is 4. The van der Waals surface area contributed by atoms with Gasteiger partial charge in [-0.1, -0.05) is 29.8 Å². The smallest absolute Gasteiger partial charge is 0.328 e. The van der Waals surface area contributed by atoms with Crippen LogP contribution in [-0.2, 0) is 17.8 Å². The highest BCUT2D eigenvalue weighted by Crippen LogP contribution is 2.51. The van der Waals surface area contributed by atoms with Gasteiger partial charge in [0.25, 0.3) is 17.7 Å². The van der Waals surface area contributed by atoms with Gasteiger partial charge in [0.2, 0.25) is 5.91 Å². The number of amides is 5. The fraction of sp³-hybridized carbons (Fsp3) is 0.400. The number of hydrogen-bond donors (Lipinski definition) is 3. The van der Waals surface area contributed by atoms with E-state index >= 15 is 8.78 Å². The monoisotopic (exact) mass is 897 g/mol. The van der Waals surface area contributed by atoms with Gasteiger partial charge in [-0.3, -0.25) is 34.5 Å². The molecular formula is C45H47ClF3N11O4. The van der Waals surface area contributed by atoms with Gasteiger partial charge in [-0.2, -0.15) is 0 Å². The Kier molecular flexibility index (Phi) is 11.2. The van der Waals surface area contributed by atoms with Crippen LogP contribution in [-0.4, -0.2) is 112 Å². The molecule has 1 spiro atoms. The zero-order chi connectivity index (χ0) is 45.1. The number of alkyl halides is 3. The third kappa shape index (κ3) is 7.75. The Morgan fingerprint density at radius 3 is 2.39 bits per heavy atom. The number of halogens is 4. The van der Waals surface area contributed by atoms with Crippen molar-refractivity contribution in [3.05, 3.63) is 93.9 Å². The van der Waals surface area contributed by atoms with Crippen molar-refractivity contribution in [1.82, 2.24) is 34.7 Å². The van der Waals surface area contributed by atoms with E-state index in [1.54, 1.807) is 20.2 Å². The van der Waals surface area contributed by atoms with Crippen molar-refractivity contribution >= 4 is 63.9 Å². The zero-order valence-electron chi connectivity index (χ0n) is 35.3. The maximum Gasteiger partial charge on any atom is 0.328 e. The highest BCUT2D eigenvalue weighted by Gasteiger charge is 2.62. The maximum absolute atomic E-state index is 16.0. The van der Waals surface area contributed by atoms with Crippen LogP contribution in [0.4, 0.5) is 40.8 Å². The Morgan fingerprint density at radius 2 is 1.73 bits per heavy atom. The predicted octanol–water partition coefficient (Wildman–Crippen LogP) is 6.53. The molecule has 1 saturated carbocycles. The van der Waals surface area contributed by atoms with Crippen molar-refractivity contribution in [3.63, 3.8) is 0 Å². The van der Waals surface area contributed by atoms with Crippen molar-refractivity contribution < 1.29 is 32.3 Å². The number of fused-ring (bicyclic) bond motifs is 2. The maximum atomic E-state index is 16.0. The van der Waals surface area contributed by atoms with Crippen LogP contribution in [0.3, 0.4) is 0 Å². The molecule has 4 aliphatic heterocycles. The number of piperidine rings is 1. The first-order valence-electron chi connectivity index (χ1n) is 21.3. The molecule has 3 aromatic heterocycles. The molecule has 4 fully saturated rings. The van der Waals surface area contributed by atoms with Crippen molar-refractivity contribution in [2.24, 2.45) is 11.1 Å². The van der Waals surface area contributed by atoms with Crippen LogP contribution in [0.2, 0.25) is 5.02 Å². The number of pyridine rings is 1. The number of carbonyl (C=O) groups is 4. The molecule has 0 bridgehead atoms. The van der Waals surface area contributed by atoms with Gasteiger partial charge in [0, 0.05) is 86.8 Å². The number of benzene rings is 2. The summed E-state index contributed by atoms with van der Waals surface area (Å²) in [6.45, 7) is 2.71. The molecule has 64 heavy (non-hydrogen) atoms. The lowest BCUT2D eigenvalue weighted by Gasteiger charge is -2.57. The first-order chi connectivity index (χ1) is 30.6. The summed E-state index contributed by atoms with van der Waals surface area (Å²) in [5, 5.41) is 10.3. The largest absolute Gasteiger partial charge is 0.385 e. The highest BCUT2D eigenvalue weighted by atomic mass is 35.5. The first kappa shape index (κ1) is 43.0. The summed E-state index contributed by atoms with van der Waals surface area (Å²) in [6.07, 6.45) is 6.47. The number of hydrogen-bond acceptors (Lipinski definition) is 10. The molecule has 10 rings (SSSR count). The molecule has 19 heteroatoms. The van der Waals surface area contributed by atoms with Gasteiger partial charge < -0.3 is 20.9 Å². The molecule has 5 aromatic rings. The summed E-state index contributed by atoms with van der Waals surface area (Å²) in [6, 6.07) is 14.1. The second kappa shape index (κ2) is 16.7. The van der Waals surface area contributed by atoms with Crippen molar-refractivity contribution in [1.29, 1.82) is 0 Å². The summed E-state index contributed by atoms with van der Waals surface area (Å²) in [5.41, 5.74) is 11.5. The fourth-order valence-electron chi connectivity index (χ4n) is 9.19. The summed E-state index contributed by atoms with van der Waals surface area (Å²) in [7, 11) is 1.78. The quantitative estimate of drug-likeness (QED) is 0.156. The fourth-order valence-corrected chi connectivity index (χ4v) is 9.41. The van der Waals surface area contributed by atoms with Crippen LogP contribution in [0.15, 0.2) is 60.9 Å². The normalized spacial score (nSPS) is 19.1. The third-order valence-corrected chi connectivity index (χ3v) is 13.5. The van der Waals surface area contributed by atoms with Crippen molar-refractivity contribution in [2.75, 3.05) is 61.4 Å². The van der Waals surface area contributed by atoms with Crippen LogP contribution in [0, 0.1) is 12.3 Å². The second-order valence-electron chi connectivity index (χ2n) is 17.2. The van der Waals surface area contributed by atoms with E-state index < -0.39 is 47.8 Å². The van der Waals surface area contributed by atoms with Crippen LogP contribution in [0.25, 0.3) is 16.9 Å². The van der Waals surface area contributed by atoms with Crippen LogP contribution < -0.4 is 26.2 Å². The van der Waals surface area contributed by atoms with Gasteiger partial charge in [-0.25, -0.2) is 27.5 Å². The third-order valence-electron chi connectivity index (χ3n) is 13.1. The Labute approximate surface area is 371 Å². The molecule has 5 aliphatic rings. The number of nitrogens with zero attached hydrogens (tertiary/aromatic N) is 8. The lowest BCUT2D eigenvalue weighted by molar-refractivity contribution is -0.220. The number of rotatable bonds is 8. The van der Waals surface area contributed by atoms with E-state index in [0.29, 0.717) is 41.5 Å². The molecule has 0 atom stereocenters. The topological polar surface area (TPSA) is 174 Å². The molecule has 1 aliphatic carbocycles. The zero-order valence-corrected chi connectivity index (χ0v) is 36.1. The Bertz CT molecular complexity index is 2690. The minimum absolute atomic E-state index is 0.0850. The van der Waals surface area contributed by atoms with E-state index in [0.717, 1.165) is 58.7 Å². The summed E-state index contributed by atoms with van der Waals surface area (Å²) >= 11 is 6.46. The Balaban J connectivity index is 0.000000971. The lowest BCUT2D eigenvalue weighted by Crippen LogP contribution is -2.70. The van der Waals surface area contributed by atoms with Gasteiger partial charge in [0.15, 0.2) is 11.5 Å². The van der Waals surface area contributed by atoms with Crippen molar-refractivity contribution in [3.8, 4) is 11.3 Å². The van der Waals surface area contributed by atoms with Crippen LogP contribution in [0.5, 0.6) is 0 Å². The highest BCUT2D eigenvalue weighted by molar-refractivity contribution is 6.32. The SMILES string of the molecule is CNc1cc(N2CCc3c(-c4ccc(CN5CC6(CCN(C(=O)c7cc(Cl)c(C)c(N8CCC(=O)NC8=O)c7)CC6(F)F)C5)cn4)cccc32)nn2c(C(N)=O)cnc12.FC1CCC1. The van der Waals surface area contributed by atoms with Gasteiger partial charge in [0.05, 0.1) is 35.2 Å². The number of primary amides is 1. The molecular weight excluding hydrogens is 851 g/mol. The molecule has 2 aromatic carbocycles. The number of anilines is 4. The van der Waals surface area contributed by atoms with E-state index in [4.69, 9.17) is 27.4 Å². The number of imidazole rings is 1. The number of aromatic nitrogens is 4. The predicted molar refractivity (Wildman–Crippen MR) is 235 cm³/mol. The van der Waals surface area contributed by atoms with Crippen LogP contribution in [0.1, 0.15) is 69.6 Å². The van der Waals surface area contributed by atoms with Crippen LogP contribution >= 0.6 is 11.6 Å². The summed E-state index contributed by atoms with van der Waals surface area (Å²) in [5.74, 6) is -4.12. The Morgan fingerprint density at radius 1 is 0.969 bits per heavy atom. The molecule has 0 radical (unpaired) electrons. The minimum Gasteiger partial charge on any atom is -0.385 e. The number of imide groups is 1. The van der Waals surface area contributed by atoms with Gasteiger partial charge in [-0.15, -0.1) is 5.10 Å². The van der Waals surface area contributed by atoms with Gasteiger partial charge in [0.1, 0.15) is 11.9 Å². The number of nitrogens with one attached hydrogen (secondary N) is 2. The molecule has 7 heterocycles. The van der Waals surface area contributed by atoms with Gasteiger partial charge >= 0.3 is 6.03 Å². The minimum atomic E-state index is -3.13. The standard InChI is InChI=1S/C41H40ClF2N11O4.C4H7F/c1-23-28(42)14-25(15-32(23)54-12-9-35(56)49-39(54)59)38(58)52-13-10-40(41(43,44)22-52)20-51(21-40)19-24-6-7-29(47-17-24)26-4-3-5-31-27(26)8-11-53(31)34-16-30(46-2)37-48-18-33(36(45)57)55(37)50-34;5-4-2-1-3-4/h3-7,14-18,46H,8-13,19-22H2,1-2H3,(H2,45,57)(H,49,56,59);4H,1-3H2. The molecule has 334 valence electrons. The van der Waals surface area contributed by atoms with E-state index in [1.165, 1.54) is 27.7 Å². The number of nitrogens with two attached hydrogens (primary N) is 1. The first-order valence-corrected chi connectivity index (χ1v) is 21.7. The summed E-state index contributed by atoms with van der Waals surface area (Å²) < 4.78 is 45.0. The number of urea groups is 1. The second-order valence-corrected chi connectivity index (χ2v) is 17.6. The Hall–Kier alpha value is -6.27. The average molecular weight is 898 g/mol. The molecule has 4 N–H and O–H groups in total. The number of likely N-dealkylation sites (tertiary alicyclic amines) is 2. The van der Waals surface area contributed by atoms with E-state index in [1.807, 2.05) is 41.3 Å². The van der Waals surface area contributed by atoms with E-state index in [2.05, 4.69) is 20.5 Å². The average Bonchev–Trinajstić information content (AvgIpc) is 3.89. The van der Waals surface area contributed by atoms with E-state index in [9.17, 15) is 23.6 Å². The molecule has 3 saturated heterocycles. The van der Waals surface area contributed by atoms with E-state index in [-0.39, 0.29) is 55.3 Å². The summed E-state index contributed by atoms with van der Waals surface area (Å²) in [4.78, 5) is 65.6. The lowest BCUT2D eigenvalue weighted by atomic mass is 9.69.